The fraction of sp³-hybridized carbons (Fsp3) is 0.500. The topological polar surface area (TPSA) is 58.6 Å². The zero-order chi connectivity index (χ0) is 16.1. The fourth-order valence-electron chi connectivity index (χ4n) is 2.24. The summed E-state index contributed by atoms with van der Waals surface area (Å²) in [6, 6.07) is 7.57. The number of hydrogen-bond acceptors (Lipinski definition) is 4. The van der Waals surface area contributed by atoms with Gasteiger partial charge in [0.1, 0.15) is 12.3 Å². The zero-order valence-electron chi connectivity index (χ0n) is 13.2. The van der Waals surface area contributed by atoms with Crippen LogP contribution in [0.15, 0.2) is 24.3 Å². The first-order valence-corrected chi connectivity index (χ1v) is 8.42. The molecule has 1 atom stereocenters. The molecule has 0 spiro atoms. The molecule has 1 aromatic rings. The quantitative estimate of drug-likeness (QED) is 0.875. The Hall–Kier alpha value is -1.69. The Kier molecular flexibility index (Phi) is 5.71. The van der Waals surface area contributed by atoms with E-state index >= 15 is 0 Å². The van der Waals surface area contributed by atoms with E-state index in [-0.39, 0.29) is 29.8 Å². The van der Waals surface area contributed by atoms with Crippen molar-refractivity contribution in [3.63, 3.8) is 0 Å². The molecule has 1 aliphatic rings. The summed E-state index contributed by atoms with van der Waals surface area (Å²) in [6.45, 7) is 6.64. The van der Waals surface area contributed by atoms with Crippen LogP contribution < -0.4 is 10.1 Å². The van der Waals surface area contributed by atoms with Crippen molar-refractivity contribution in [2.24, 2.45) is 0 Å². The lowest BCUT2D eigenvalue weighted by Crippen LogP contribution is -2.38. The predicted octanol–water partition coefficient (Wildman–Crippen LogP) is 2.82. The van der Waals surface area contributed by atoms with Crippen molar-refractivity contribution in [1.29, 1.82) is 0 Å². The molecule has 1 N–H and O–H groups in total. The van der Waals surface area contributed by atoms with E-state index in [1.54, 1.807) is 4.90 Å². The Morgan fingerprint density at radius 2 is 2.18 bits per heavy atom. The maximum Gasteiger partial charge on any atom is 0.282 e. The van der Waals surface area contributed by atoms with E-state index in [4.69, 9.17) is 4.74 Å². The highest BCUT2D eigenvalue weighted by Gasteiger charge is 2.23. The third kappa shape index (κ3) is 4.66. The summed E-state index contributed by atoms with van der Waals surface area (Å²) in [5.74, 6) is 1.41. The van der Waals surface area contributed by atoms with E-state index in [1.807, 2.05) is 45.0 Å². The van der Waals surface area contributed by atoms with E-state index in [0.717, 1.165) is 17.1 Å². The first kappa shape index (κ1) is 16.7. The van der Waals surface area contributed by atoms with Crippen molar-refractivity contribution in [2.75, 3.05) is 18.8 Å². The molecule has 0 bridgehead atoms. The second kappa shape index (κ2) is 7.54. The van der Waals surface area contributed by atoms with Crippen molar-refractivity contribution in [1.82, 2.24) is 10.2 Å². The molecule has 1 aliphatic heterocycles. The molecule has 120 valence electrons. The van der Waals surface area contributed by atoms with E-state index in [2.05, 4.69) is 5.32 Å². The SMILES string of the molecule is CC(C)Oc1cccc([C@H](C)NC(=O)CN2CCSC2=O)c1. The molecular formula is C16H22N2O3S. The van der Waals surface area contributed by atoms with Crippen LogP contribution in [-0.2, 0) is 4.79 Å². The van der Waals surface area contributed by atoms with Crippen LogP contribution in [0, 0.1) is 0 Å². The normalized spacial score (nSPS) is 16.0. The summed E-state index contributed by atoms with van der Waals surface area (Å²) in [4.78, 5) is 25.1. The van der Waals surface area contributed by atoms with Crippen LogP contribution in [0.1, 0.15) is 32.4 Å². The largest absolute Gasteiger partial charge is 0.491 e. The van der Waals surface area contributed by atoms with Crippen LogP contribution in [0.2, 0.25) is 0 Å². The number of carbonyl (C=O) groups is 2. The number of amides is 2. The molecule has 22 heavy (non-hydrogen) atoms. The second-order valence-electron chi connectivity index (χ2n) is 5.56. The molecule has 1 aromatic carbocycles. The molecule has 0 aliphatic carbocycles. The van der Waals surface area contributed by atoms with Crippen LogP contribution >= 0.6 is 11.8 Å². The first-order chi connectivity index (χ1) is 10.5. The molecule has 0 aromatic heterocycles. The Morgan fingerprint density at radius 3 is 2.82 bits per heavy atom. The van der Waals surface area contributed by atoms with Crippen LogP contribution in [-0.4, -0.2) is 41.0 Å². The zero-order valence-corrected chi connectivity index (χ0v) is 14.0. The maximum atomic E-state index is 12.0. The van der Waals surface area contributed by atoms with Gasteiger partial charge in [-0.2, -0.15) is 0 Å². The highest BCUT2D eigenvalue weighted by molar-refractivity contribution is 8.13. The Morgan fingerprint density at radius 1 is 1.41 bits per heavy atom. The number of nitrogens with one attached hydrogen (secondary N) is 1. The number of nitrogens with zero attached hydrogens (tertiary/aromatic N) is 1. The van der Waals surface area contributed by atoms with Crippen LogP contribution in [0.5, 0.6) is 5.75 Å². The number of hydrogen-bond donors (Lipinski definition) is 1. The Balaban J connectivity index is 1.92. The number of benzene rings is 1. The highest BCUT2D eigenvalue weighted by atomic mass is 32.2. The molecule has 1 saturated heterocycles. The summed E-state index contributed by atoms with van der Waals surface area (Å²) >= 11 is 1.26. The molecule has 2 rings (SSSR count). The maximum absolute atomic E-state index is 12.0. The fourth-order valence-corrected chi connectivity index (χ4v) is 3.07. The number of carbonyl (C=O) groups excluding carboxylic acids is 2. The molecule has 0 saturated carbocycles. The Bertz CT molecular complexity index is 548. The van der Waals surface area contributed by atoms with Gasteiger partial charge in [-0.05, 0) is 38.5 Å². The molecular weight excluding hydrogens is 300 g/mol. The van der Waals surface area contributed by atoms with Gasteiger partial charge in [0.05, 0.1) is 12.1 Å². The number of rotatable bonds is 6. The van der Waals surface area contributed by atoms with Crippen molar-refractivity contribution < 1.29 is 14.3 Å². The third-order valence-corrected chi connectivity index (χ3v) is 4.18. The highest BCUT2D eigenvalue weighted by Crippen LogP contribution is 2.20. The Labute approximate surface area is 135 Å². The molecule has 0 unspecified atom stereocenters. The van der Waals surface area contributed by atoms with Gasteiger partial charge in [0.25, 0.3) is 5.24 Å². The summed E-state index contributed by atoms with van der Waals surface area (Å²) in [5.41, 5.74) is 0.980. The summed E-state index contributed by atoms with van der Waals surface area (Å²) in [7, 11) is 0. The van der Waals surface area contributed by atoms with E-state index < -0.39 is 0 Å². The van der Waals surface area contributed by atoms with Gasteiger partial charge < -0.3 is 15.0 Å². The monoisotopic (exact) mass is 322 g/mol. The van der Waals surface area contributed by atoms with Gasteiger partial charge in [0.15, 0.2) is 0 Å². The van der Waals surface area contributed by atoms with Crippen LogP contribution in [0.25, 0.3) is 0 Å². The molecule has 1 heterocycles. The smallest absolute Gasteiger partial charge is 0.282 e. The van der Waals surface area contributed by atoms with Crippen molar-refractivity contribution in [3.8, 4) is 5.75 Å². The lowest BCUT2D eigenvalue weighted by molar-refractivity contribution is -0.122. The van der Waals surface area contributed by atoms with Gasteiger partial charge in [-0.15, -0.1) is 0 Å². The molecule has 5 nitrogen and oxygen atoms in total. The van der Waals surface area contributed by atoms with E-state index in [1.165, 1.54) is 11.8 Å². The van der Waals surface area contributed by atoms with E-state index in [0.29, 0.717) is 6.54 Å². The standard InChI is InChI=1S/C16H22N2O3S/c1-11(2)21-14-6-4-5-13(9-14)12(3)17-15(19)10-18-7-8-22-16(18)20/h4-6,9,11-12H,7-8,10H2,1-3H3,(H,17,19)/t12-/m0/s1. The van der Waals surface area contributed by atoms with Crippen molar-refractivity contribution >= 4 is 22.9 Å². The van der Waals surface area contributed by atoms with Crippen LogP contribution in [0.4, 0.5) is 4.79 Å². The summed E-state index contributed by atoms with van der Waals surface area (Å²) in [5, 5.41) is 2.91. The number of thioether (sulfide) groups is 1. The lowest BCUT2D eigenvalue weighted by atomic mass is 10.1. The molecule has 0 radical (unpaired) electrons. The second-order valence-corrected chi connectivity index (χ2v) is 6.61. The first-order valence-electron chi connectivity index (χ1n) is 7.43. The van der Waals surface area contributed by atoms with Gasteiger partial charge >= 0.3 is 0 Å². The van der Waals surface area contributed by atoms with E-state index in [9.17, 15) is 9.59 Å². The lowest BCUT2D eigenvalue weighted by Gasteiger charge is -2.19. The van der Waals surface area contributed by atoms with Gasteiger partial charge in [-0.3, -0.25) is 9.59 Å². The molecule has 1 fully saturated rings. The van der Waals surface area contributed by atoms with Gasteiger partial charge in [0.2, 0.25) is 5.91 Å². The number of ether oxygens (including phenoxy) is 1. The van der Waals surface area contributed by atoms with Gasteiger partial charge in [0, 0.05) is 12.3 Å². The minimum absolute atomic E-state index is 0.0184. The van der Waals surface area contributed by atoms with Crippen LogP contribution in [0.3, 0.4) is 0 Å². The molecule has 2 amide bonds. The minimum Gasteiger partial charge on any atom is -0.491 e. The average Bonchev–Trinajstić information content (AvgIpc) is 2.83. The van der Waals surface area contributed by atoms with Crippen molar-refractivity contribution in [2.45, 2.75) is 32.9 Å². The molecule has 6 heteroatoms. The summed E-state index contributed by atoms with van der Waals surface area (Å²) in [6.07, 6.45) is 0.110. The van der Waals surface area contributed by atoms with Crippen molar-refractivity contribution in [3.05, 3.63) is 29.8 Å². The van der Waals surface area contributed by atoms with Gasteiger partial charge in [-0.25, -0.2) is 0 Å². The summed E-state index contributed by atoms with van der Waals surface area (Å²) < 4.78 is 5.66. The average molecular weight is 322 g/mol. The predicted molar refractivity (Wildman–Crippen MR) is 88.2 cm³/mol. The minimum atomic E-state index is -0.140. The third-order valence-electron chi connectivity index (χ3n) is 3.29. The van der Waals surface area contributed by atoms with Gasteiger partial charge in [-0.1, -0.05) is 23.9 Å².